The largest absolute Gasteiger partial charge is 0.294 e. The minimum Gasteiger partial charge on any atom is -0.294 e. The van der Waals surface area contributed by atoms with Crippen LogP contribution < -0.4 is 0 Å². The maximum Gasteiger partial charge on any atom is 0.160 e. The third kappa shape index (κ3) is 2.40. The molecule has 0 N–H and O–H groups in total. The Hall–Kier alpha value is -2.16. The topological polar surface area (TPSA) is 34.9 Å². The standard InChI is InChI=1S/C15H16N2O/c1-4-5-12-6-7-14(15(8-12)11(2)18)13-9-16-17(3)10-13/h4-10H,1-3H3/b5-4+. The van der Waals surface area contributed by atoms with Crippen LogP contribution in [-0.4, -0.2) is 15.6 Å². The smallest absolute Gasteiger partial charge is 0.160 e. The normalized spacial score (nSPS) is 11.1. The van der Waals surface area contributed by atoms with Gasteiger partial charge in [-0.1, -0.05) is 24.3 Å². The predicted octanol–water partition coefficient (Wildman–Crippen LogP) is 3.32. The van der Waals surface area contributed by atoms with Gasteiger partial charge in [-0.3, -0.25) is 9.48 Å². The van der Waals surface area contributed by atoms with Crippen molar-refractivity contribution in [3.63, 3.8) is 0 Å². The molecule has 3 nitrogen and oxygen atoms in total. The van der Waals surface area contributed by atoms with Crippen LogP contribution in [0.2, 0.25) is 0 Å². The number of ketones is 1. The van der Waals surface area contributed by atoms with Crippen molar-refractivity contribution < 1.29 is 4.79 Å². The number of nitrogens with zero attached hydrogens (tertiary/aromatic N) is 2. The number of hydrogen-bond acceptors (Lipinski definition) is 2. The lowest BCUT2D eigenvalue weighted by atomic mass is 9.97. The van der Waals surface area contributed by atoms with E-state index in [4.69, 9.17) is 0 Å². The lowest BCUT2D eigenvalue weighted by molar-refractivity contribution is 0.101. The second-order valence-corrected chi connectivity index (χ2v) is 4.26. The molecule has 3 heteroatoms. The molecular formula is C15H16N2O. The number of hydrogen-bond donors (Lipinski definition) is 0. The number of allylic oxidation sites excluding steroid dienone is 1. The van der Waals surface area contributed by atoms with Crippen LogP contribution in [0.15, 0.2) is 36.7 Å². The molecule has 0 aliphatic heterocycles. The fourth-order valence-corrected chi connectivity index (χ4v) is 1.96. The molecule has 18 heavy (non-hydrogen) atoms. The van der Waals surface area contributed by atoms with Crippen molar-refractivity contribution in [2.75, 3.05) is 0 Å². The molecule has 2 rings (SSSR count). The minimum absolute atomic E-state index is 0.0696. The van der Waals surface area contributed by atoms with E-state index in [2.05, 4.69) is 5.10 Å². The summed E-state index contributed by atoms with van der Waals surface area (Å²) in [4.78, 5) is 11.8. The van der Waals surface area contributed by atoms with Gasteiger partial charge in [-0.2, -0.15) is 5.10 Å². The lowest BCUT2D eigenvalue weighted by Crippen LogP contribution is -1.96. The number of aryl methyl sites for hydroxylation is 1. The van der Waals surface area contributed by atoms with Gasteiger partial charge < -0.3 is 0 Å². The first kappa shape index (κ1) is 12.3. The molecule has 0 saturated heterocycles. The first-order valence-electron chi connectivity index (χ1n) is 5.88. The van der Waals surface area contributed by atoms with Gasteiger partial charge in [0.1, 0.15) is 0 Å². The first-order valence-corrected chi connectivity index (χ1v) is 5.88. The Bertz CT molecular complexity index is 609. The second kappa shape index (κ2) is 5.00. The molecule has 0 aliphatic rings. The van der Waals surface area contributed by atoms with Crippen molar-refractivity contribution >= 4 is 11.9 Å². The van der Waals surface area contributed by atoms with Crippen molar-refractivity contribution in [2.24, 2.45) is 7.05 Å². The zero-order valence-corrected chi connectivity index (χ0v) is 10.8. The summed E-state index contributed by atoms with van der Waals surface area (Å²) in [6.45, 7) is 3.55. The molecule has 0 fully saturated rings. The third-order valence-corrected chi connectivity index (χ3v) is 2.80. The molecule has 92 valence electrons. The monoisotopic (exact) mass is 240 g/mol. The quantitative estimate of drug-likeness (QED) is 0.771. The van der Waals surface area contributed by atoms with Gasteiger partial charge in [-0.05, 0) is 31.0 Å². The Morgan fingerprint density at radius 1 is 1.39 bits per heavy atom. The van der Waals surface area contributed by atoms with Crippen LogP contribution in [0.25, 0.3) is 17.2 Å². The number of rotatable bonds is 3. The summed E-state index contributed by atoms with van der Waals surface area (Å²) in [7, 11) is 1.87. The van der Waals surface area contributed by atoms with E-state index in [9.17, 15) is 4.79 Å². The summed E-state index contributed by atoms with van der Waals surface area (Å²) in [5.74, 6) is 0.0696. The molecule has 0 aliphatic carbocycles. The van der Waals surface area contributed by atoms with E-state index in [1.807, 2.05) is 50.5 Å². The minimum atomic E-state index is 0.0696. The Morgan fingerprint density at radius 3 is 2.72 bits per heavy atom. The maximum atomic E-state index is 11.8. The van der Waals surface area contributed by atoms with Crippen molar-refractivity contribution in [2.45, 2.75) is 13.8 Å². The van der Waals surface area contributed by atoms with Crippen molar-refractivity contribution in [3.8, 4) is 11.1 Å². The highest BCUT2D eigenvalue weighted by atomic mass is 16.1. The maximum absolute atomic E-state index is 11.8. The Labute approximate surface area is 107 Å². The van der Waals surface area contributed by atoms with Gasteiger partial charge in [0.25, 0.3) is 0 Å². The lowest BCUT2D eigenvalue weighted by Gasteiger charge is -2.06. The first-order chi connectivity index (χ1) is 8.61. The summed E-state index contributed by atoms with van der Waals surface area (Å²) >= 11 is 0. The van der Waals surface area contributed by atoms with Gasteiger partial charge in [0.05, 0.1) is 6.20 Å². The summed E-state index contributed by atoms with van der Waals surface area (Å²) in [5, 5.41) is 4.14. The molecule has 0 radical (unpaired) electrons. The summed E-state index contributed by atoms with van der Waals surface area (Å²) < 4.78 is 1.74. The van der Waals surface area contributed by atoms with Gasteiger partial charge in [-0.25, -0.2) is 0 Å². The number of carbonyl (C=O) groups excluding carboxylic acids is 1. The van der Waals surface area contributed by atoms with Crippen LogP contribution in [0.1, 0.15) is 29.8 Å². The predicted molar refractivity (Wildman–Crippen MR) is 73.4 cm³/mol. The van der Waals surface area contributed by atoms with Crippen LogP contribution in [0.4, 0.5) is 0 Å². The van der Waals surface area contributed by atoms with Crippen LogP contribution >= 0.6 is 0 Å². The van der Waals surface area contributed by atoms with E-state index < -0.39 is 0 Å². The number of benzene rings is 1. The molecule has 0 amide bonds. The van der Waals surface area contributed by atoms with Gasteiger partial charge in [0.15, 0.2) is 5.78 Å². The highest BCUT2D eigenvalue weighted by molar-refractivity contribution is 6.01. The Morgan fingerprint density at radius 2 is 2.17 bits per heavy atom. The van der Waals surface area contributed by atoms with E-state index in [0.29, 0.717) is 0 Å². The molecule has 2 aromatic rings. The molecule has 1 heterocycles. The van der Waals surface area contributed by atoms with Crippen molar-refractivity contribution in [1.82, 2.24) is 9.78 Å². The average molecular weight is 240 g/mol. The van der Waals surface area contributed by atoms with Crippen LogP contribution in [0, 0.1) is 0 Å². The highest BCUT2D eigenvalue weighted by Crippen LogP contribution is 2.25. The summed E-state index contributed by atoms with van der Waals surface area (Å²) in [6, 6.07) is 5.91. The van der Waals surface area contributed by atoms with E-state index in [1.165, 1.54) is 0 Å². The Balaban J connectivity index is 2.57. The van der Waals surface area contributed by atoms with Crippen molar-refractivity contribution in [1.29, 1.82) is 0 Å². The number of Topliss-reactive ketones (excluding diaryl/α,β-unsaturated/α-hetero) is 1. The van der Waals surface area contributed by atoms with Gasteiger partial charge in [-0.15, -0.1) is 0 Å². The zero-order valence-electron chi connectivity index (χ0n) is 10.8. The average Bonchev–Trinajstić information content (AvgIpc) is 2.76. The van der Waals surface area contributed by atoms with E-state index in [-0.39, 0.29) is 5.78 Å². The fourth-order valence-electron chi connectivity index (χ4n) is 1.96. The SMILES string of the molecule is C/C=C/c1ccc(-c2cnn(C)c2)c(C(C)=O)c1. The number of carbonyl (C=O) groups is 1. The molecule has 0 unspecified atom stereocenters. The van der Waals surface area contributed by atoms with E-state index >= 15 is 0 Å². The zero-order chi connectivity index (χ0) is 13.1. The van der Waals surface area contributed by atoms with E-state index in [1.54, 1.807) is 17.8 Å². The fraction of sp³-hybridized carbons (Fsp3) is 0.200. The second-order valence-electron chi connectivity index (χ2n) is 4.26. The molecular weight excluding hydrogens is 224 g/mol. The van der Waals surface area contributed by atoms with Gasteiger partial charge in [0.2, 0.25) is 0 Å². The highest BCUT2D eigenvalue weighted by Gasteiger charge is 2.10. The van der Waals surface area contributed by atoms with Crippen LogP contribution in [0.3, 0.4) is 0 Å². The molecule has 1 aromatic heterocycles. The summed E-state index contributed by atoms with van der Waals surface area (Å²) in [6.07, 6.45) is 7.64. The summed E-state index contributed by atoms with van der Waals surface area (Å²) in [5.41, 5.74) is 3.67. The molecule has 0 atom stereocenters. The van der Waals surface area contributed by atoms with Crippen molar-refractivity contribution in [3.05, 3.63) is 47.8 Å². The number of aromatic nitrogens is 2. The van der Waals surface area contributed by atoms with Gasteiger partial charge in [0, 0.05) is 24.4 Å². The molecule has 0 bridgehead atoms. The van der Waals surface area contributed by atoms with E-state index in [0.717, 1.165) is 22.3 Å². The van der Waals surface area contributed by atoms with Gasteiger partial charge >= 0.3 is 0 Å². The Kier molecular flexibility index (Phi) is 3.42. The molecule has 0 saturated carbocycles. The van der Waals surface area contributed by atoms with Crippen LogP contribution in [-0.2, 0) is 7.05 Å². The van der Waals surface area contributed by atoms with Crippen LogP contribution in [0.5, 0.6) is 0 Å². The third-order valence-electron chi connectivity index (χ3n) is 2.80. The molecule has 1 aromatic carbocycles. The molecule has 0 spiro atoms.